The molecule has 5 heteroatoms. The fourth-order valence-corrected chi connectivity index (χ4v) is 1.89. The maximum Gasteiger partial charge on any atom is 0.146 e. The quantitative estimate of drug-likeness (QED) is 0.803. The molecule has 0 atom stereocenters. The van der Waals surface area contributed by atoms with Crippen LogP contribution in [0.25, 0.3) is 0 Å². The lowest BCUT2D eigenvalue weighted by molar-refractivity contribution is 0.675. The van der Waals surface area contributed by atoms with Crippen molar-refractivity contribution in [3.05, 3.63) is 17.0 Å². The number of nitrogens with zero attached hydrogens (tertiary/aromatic N) is 3. The molecule has 1 heterocycles. The van der Waals surface area contributed by atoms with Crippen LogP contribution < -0.4 is 10.6 Å². The fraction of sp³-hybridized carbons (Fsp3) is 0.600. The Hall–Kier alpha value is -0.680. The van der Waals surface area contributed by atoms with Gasteiger partial charge in [-0.1, -0.05) is 6.42 Å². The van der Waals surface area contributed by atoms with E-state index in [0.29, 0.717) is 0 Å². The van der Waals surface area contributed by atoms with Crippen molar-refractivity contribution >= 4 is 21.7 Å². The maximum absolute atomic E-state index is 5.44. The van der Waals surface area contributed by atoms with E-state index in [9.17, 15) is 0 Å². The van der Waals surface area contributed by atoms with E-state index in [0.717, 1.165) is 36.2 Å². The van der Waals surface area contributed by atoms with Crippen molar-refractivity contribution in [3.63, 3.8) is 0 Å². The van der Waals surface area contributed by atoms with Crippen LogP contribution in [-0.4, -0.2) is 30.1 Å². The highest BCUT2D eigenvalue weighted by Crippen LogP contribution is 2.20. The maximum atomic E-state index is 5.44. The molecule has 0 radical (unpaired) electrons. The van der Waals surface area contributed by atoms with Gasteiger partial charge >= 0.3 is 0 Å². The molecule has 1 aromatic heterocycles. The molecule has 84 valence electrons. The lowest BCUT2D eigenvalue weighted by atomic mass is 10.2. The predicted molar refractivity (Wildman–Crippen MR) is 65.9 cm³/mol. The first-order valence-electron chi connectivity index (χ1n) is 5.12. The van der Waals surface area contributed by atoms with Gasteiger partial charge in [-0.2, -0.15) is 0 Å². The molecule has 15 heavy (non-hydrogen) atoms. The van der Waals surface area contributed by atoms with E-state index in [4.69, 9.17) is 5.73 Å². The number of rotatable bonds is 6. The summed E-state index contributed by atoms with van der Waals surface area (Å²) >= 11 is 3.43. The van der Waals surface area contributed by atoms with Crippen LogP contribution in [0.5, 0.6) is 0 Å². The average molecular weight is 273 g/mol. The van der Waals surface area contributed by atoms with Crippen molar-refractivity contribution in [1.29, 1.82) is 0 Å². The summed E-state index contributed by atoms with van der Waals surface area (Å²) in [6, 6.07) is 0. The fourth-order valence-electron chi connectivity index (χ4n) is 1.36. The van der Waals surface area contributed by atoms with Crippen LogP contribution in [-0.2, 0) is 0 Å². The monoisotopic (exact) mass is 272 g/mol. The van der Waals surface area contributed by atoms with E-state index in [2.05, 4.69) is 30.8 Å². The molecule has 1 aromatic rings. The van der Waals surface area contributed by atoms with Crippen molar-refractivity contribution in [2.24, 2.45) is 5.73 Å². The molecule has 2 N–H and O–H groups in total. The van der Waals surface area contributed by atoms with Gasteiger partial charge in [-0.25, -0.2) is 9.97 Å². The van der Waals surface area contributed by atoms with Crippen molar-refractivity contribution in [3.8, 4) is 0 Å². The van der Waals surface area contributed by atoms with Crippen LogP contribution in [0.3, 0.4) is 0 Å². The number of aromatic nitrogens is 2. The lowest BCUT2D eigenvalue weighted by Crippen LogP contribution is -2.20. The first-order chi connectivity index (χ1) is 7.25. The second-order valence-electron chi connectivity index (χ2n) is 3.47. The summed E-state index contributed by atoms with van der Waals surface area (Å²) in [7, 11) is 2.04. The lowest BCUT2D eigenvalue weighted by Gasteiger charge is -2.18. The summed E-state index contributed by atoms with van der Waals surface area (Å²) in [4.78, 5) is 10.3. The Morgan fingerprint density at radius 1 is 1.40 bits per heavy atom. The summed E-state index contributed by atoms with van der Waals surface area (Å²) < 4.78 is 0.936. The third-order valence-corrected chi connectivity index (χ3v) is 2.77. The summed E-state index contributed by atoms with van der Waals surface area (Å²) in [6.07, 6.45) is 6.74. The molecule has 1 rings (SSSR count). The second kappa shape index (κ2) is 6.74. The smallest absolute Gasteiger partial charge is 0.146 e. The van der Waals surface area contributed by atoms with E-state index in [1.54, 1.807) is 12.5 Å². The van der Waals surface area contributed by atoms with Gasteiger partial charge in [0.05, 0.1) is 4.47 Å². The molecule has 0 amide bonds. The predicted octanol–water partition coefficient (Wildman–Crippen LogP) is 1.80. The number of hydrogen-bond donors (Lipinski definition) is 1. The first-order valence-corrected chi connectivity index (χ1v) is 5.91. The Bertz CT molecular complexity index is 293. The van der Waals surface area contributed by atoms with Gasteiger partial charge < -0.3 is 10.6 Å². The number of anilines is 1. The highest BCUT2D eigenvalue weighted by molar-refractivity contribution is 9.10. The van der Waals surface area contributed by atoms with Crippen molar-refractivity contribution in [2.45, 2.75) is 19.3 Å². The van der Waals surface area contributed by atoms with E-state index < -0.39 is 0 Å². The minimum Gasteiger partial charge on any atom is -0.359 e. The number of nitrogens with two attached hydrogens (primary N) is 1. The molecule has 0 saturated carbocycles. The third-order valence-electron chi connectivity index (χ3n) is 2.21. The molecule has 0 bridgehead atoms. The molecule has 0 fully saturated rings. The van der Waals surface area contributed by atoms with E-state index in [1.807, 2.05) is 7.05 Å². The molecule has 0 unspecified atom stereocenters. The molecule has 0 spiro atoms. The van der Waals surface area contributed by atoms with Crippen molar-refractivity contribution in [1.82, 2.24) is 9.97 Å². The van der Waals surface area contributed by atoms with Crippen LogP contribution in [0.15, 0.2) is 17.0 Å². The van der Waals surface area contributed by atoms with Crippen LogP contribution in [0.2, 0.25) is 0 Å². The Balaban J connectivity index is 2.40. The molecule has 0 aliphatic carbocycles. The SMILES string of the molecule is CN(CCCCCN)c1ncncc1Br. The van der Waals surface area contributed by atoms with Gasteiger partial charge in [0.15, 0.2) is 0 Å². The van der Waals surface area contributed by atoms with E-state index in [-0.39, 0.29) is 0 Å². The number of hydrogen-bond acceptors (Lipinski definition) is 4. The van der Waals surface area contributed by atoms with Crippen molar-refractivity contribution in [2.75, 3.05) is 25.0 Å². The largest absolute Gasteiger partial charge is 0.359 e. The van der Waals surface area contributed by atoms with Crippen LogP contribution >= 0.6 is 15.9 Å². The van der Waals surface area contributed by atoms with Gasteiger partial charge in [0.1, 0.15) is 12.1 Å². The Morgan fingerprint density at radius 2 is 2.20 bits per heavy atom. The Morgan fingerprint density at radius 3 is 2.87 bits per heavy atom. The summed E-state index contributed by atoms with van der Waals surface area (Å²) in [5, 5.41) is 0. The Labute approximate surface area is 99.0 Å². The van der Waals surface area contributed by atoms with Crippen LogP contribution in [0, 0.1) is 0 Å². The third kappa shape index (κ3) is 4.13. The second-order valence-corrected chi connectivity index (χ2v) is 4.32. The van der Waals surface area contributed by atoms with Gasteiger partial charge in [-0.3, -0.25) is 0 Å². The molecular weight excluding hydrogens is 256 g/mol. The van der Waals surface area contributed by atoms with Gasteiger partial charge in [0, 0.05) is 19.8 Å². The van der Waals surface area contributed by atoms with E-state index in [1.165, 1.54) is 6.42 Å². The molecular formula is C10H17BrN4. The normalized spacial score (nSPS) is 10.3. The number of halogens is 1. The van der Waals surface area contributed by atoms with Gasteiger partial charge in [-0.05, 0) is 35.3 Å². The molecule has 0 aromatic carbocycles. The minimum absolute atomic E-state index is 0.779. The Kier molecular flexibility index (Phi) is 5.57. The molecule has 0 saturated heterocycles. The van der Waals surface area contributed by atoms with Crippen LogP contribution in [0.4, 0.5) is 5.82 Å². The number of unbranched alkanes of at least 4 members (excludes halogenated alkanes) is 2. The zero-order valence-electron chi connectivity index (χ0n) is 8.99. The summed E-state index contributed by atoms with van der Waals surface area (Å²) in [6.45, 7) is 1.77. The minimum atomic E-state index is 0.779. The summed E-state index contributed by atoms with van der Waals surface area (Å²) in [5.41, 5.74) is 5.44. The highest BCUT2D eigenvalue weighted by Gasteiger charge is 2.05. The van der Waals surface area contributed by atoms with Crippen LogP contribution in [0.1, 0.15) is 19.3 Å². The van der Waals surface area contributed by atoms with Crippen molar-refractivity contribution < 1.29 is 0 Å². The van der Waals surface area contributed by atoms with Gasteiger partial charge in [0.2, 0.25) is 0 Å². The zero-order chi connectivity index (χ0) is 11.1. The molecule has 0 aliphatic rings. The first kappa shape index (κ1) is 12.4. The standard InChI is InChI=1S/C10H17BrN4/c1-15(6-4-2-3-5-12)10-9(11)7-13-8-14-10/h7-8H,2-6,12H2,1H3. The zero-order valence-corrected chi connectivity index (χ0v) is 10.6. The van der Waals surface area contributed by atoms with Gasteiger partial charge in [-0.15, -0.1) is 0 Å². The van der Waals surface area contributed by atoms with E-state index >= 15 is 0 Å². The average Bonchev–Trinajstić information content (AvgIpc) is 2.25. The molecule has 4 nitrogen and oxygen atoms in total. The highest BCUT2D eigenvalue weighted by atomic mass is 79.9. The molecule has 0 aliphatic heterocycles. The summed E-state index contributed by atoms with van der Waals surface area (Å²) in [5.74, 6) is 0.942. The topological polar surface area (TPSA) is 55.0 Å². The van der Waals surface area contributed by atoms with Gasteiger partial charge in [0.25, 0.3) is 0 Å².